The summed E-state index contributed by atoms with van der Waals surface area (Å²) >= 11 is 0. The van der Waals surface area contributed by atoms with Crippen LogP contribution in [0.5, 0.6) is 5.75 Å². The molecule has 0 bridgehead atoms. The minimum atomic E-state index is -4.33. The Balaban J connectivity index is 1.78. The van der Waals surface area contributed by atoms with Gasteiger partial charge in [-0.25, -0.2) is 4.79 Å². The van der Waals surface area contributed by atoms with Crippen molar-refractivity contribution in [1.82, 2.24) is 5.32 Å². The summed E-state index contributed by atoms with van der Waals surface area (Å²) in [4.78, 5) is 12.0. The summed E-state index contributed by atoms with van der Waals surface area (Å²) in [5, 5.41) is 5.47. The predicted molar refractivity (Wildman–Crippen MR) is 83.2 cm³/mol. The number of nitrogens with one attached hydrogen (secondary N) is 2. The van der Waals surface area contributed by atoms with E-state index in [1.807, 2.05) is 0 Å². The molecule has 2 rings (SSSR count). The molecule has 0 heterocycles. The lowest BCUT2D eigenvalue weighted by atomic mass is 9.93. The lowest BCUT2D eigenvalue weighted by molar-refractivity contribution is -0.188. The molecule has 0 saturated heterocycles. The topological polar surface area (TPSA) is 59.6 Å². The maximum atomic E-state index is 12.2. The SMILES string of the molecule is COc1ccc(NC(=O)NC2CCCC(OCC(F)(F)F)C2)cc1. The second kappa shape index (κ2) is 8.23. The van der Waals surface area contributed by atoms with Crippen LogP contribution in [0.2, 0.25) is 0 Å². The van der Waals surface area contributed by atoms with E-state index in [0.717, 1.165) is 12.8 Å². The van der Waals surface area contributed by atoms with Gasteiger partial charge in [0.15, 0.2) is 0 Å². The maximum absolute atomic E-state index is 12.2. The Morgan fingerprint density at radius 1 is 1.25 bits per heavy atom. The van der Waals surface area contributed by atoms with Crippen molar-refractivity contribution in [2.45, 2.75) is 44.0 Å². The molecule has 2 N–H and O–H groups in total. The molecule has 0 radical (unpaired) electrons. The van der Waals surface area contributed by atoms with Crippen LogP contribution >= 0.6 is 0 Å². The van der Waals surface area contributed by atoms with Crippen molar-refractivity contribution in [2.24, 2.45) is 0 Å². The van der Waals surface area contributed by atoms with Crippen LogP contribution in [0, 0.1) is 0 Å². The summed E-state index contributed by atoms with van der Waals surface area (Å²) in [6.07, 6.45) is -2.41. The molecule has 2 unspecified atom stereocenters. The normalized spacial score (nSPS) is 21.2. The van der Waals surface area contributed by atoms with Crippen molar-refractivity contribution in [3.8, 4) is 5.75 Å². The minimum Gasteiger partial charge on any atom is -0.497 e. The molecule has 8 heteroatoms. The molecule has 1 fully saturated rings. The maximum Gasteiger partial charge on any atom is 0.411 e. The third kappa shape index (κ3) is 6.27. The highest BCUT2D eigenvalue weighted by molar-refractivity contribution is 5.89. The van der Waals surface area contributed by atoms with Gasteiger partial charge >= 0.3 is 12.2 Å². The molecular formula is C16H21F3N2O3. The smallest absolute Gasteiger partial charge is 0.411 e. The van der Waals surface area contributed by atoms with Crippen LogP contribution in [-0.4, -0.2) is 38.1 Å². The molecule has 1 aliphatic rings. The number of hydrogen-bond acceptors (Lipinski definition) is 3. The molecule has 2 amide bonds. The van der Waals surface area contributed by atoms with Crippen molar-refractivity contribution in [1.29, 1.82) is 0 Å². The lowest BCUT2D eigenvalue weighted by Gasteiger charge is -2.30. The number of amides is 2. The zero-order valence-corrected chi connectivity index (χ0v) is 13.4. The number of methoxy groups -OCH3 is 1. The van der Waals surface area contributed by atoms with Crippen molar-refractivity contribution in [3.05, 3.63) is 24.3 Å². The van der Waals surface area contributed by atoms with Gasteiger partial charge in [0.1, 0.15) is 12.4 Å². The summed E-state index contributed by atoms with van der Waals surface area (Å²) in [6.45, 7) is -1.25. The Labute approximate surface area is 138 Å². The molecular weight excluding hydrogens is 325 g/mol. The summed E-state index contributed by atoms with van der Waals surface area (Å²) in [5.41, 5.74) is 0.606. The van der Waals surface area contributed by atoms with E-state index in [0.29, 0.717) is 24.3 Å². The van der Waals surface area contributed by atoms with Crippen molar-refractivity contribution in [3.63, 3.8) is 0 Å². The van der Waals surface area contributed by atoms with Crippen LogP contribution in [0.1, 0.15) is 25.7 Å². The van der Waals surface area contributed by atoms with E-state index in [9.17, 15) is 18.0 Å². The summed E-state index contributed by atoms with van der Waals surface area (Å²) in [6, 6.07) is 6.26. The van der Waals surface area contributed by atoms with Crippen LogP contribution in [-0.2, 0) is 4.74 Å². The molecule has 0 aliphatic heterocycles. The van der Waals surface area contributed by atoms with Crippen molar-refractivity contribution < 1.29 is 27.4 Å². The van der Waals surface area contributed by atoms with E-state index in [4.69, 9.17) is 9.47 Å². The highest BCUT2D eigenvalue weighted by atomic mass is 19.4. The van der Waals surface area contributed by atoms with E-state index >= 15 is 0 Å². The Bertz CT molecular complexity index is 534. The number of rotatable bonds is 5. The number of alkyl halides is 3. The Kier molecular flexibility index (Phi) is 6.30. The Morgan fingerprint density at radius 2 is 1.96 bits per heavy atom. The van der Waals surface area contributed by atoms with E-state index in [1.165, 1.54) is 0 Å². The molecule has 5 nitrogen and oxygen atoms in total. The van der Waals surface area contributed by atoms with Gasteiger partial charge in [0.05, 0.1) is 13.2 Å². The summed E-state index contributed by atoms with van der Waals surface area (Å²) in [7, 11) is 1.55. The molecule has 1 aliphatic carbocycles. The van der Waals surface area contributed by atoms with Gasteiger partial charge in [-0.1, -0.05) is 0 Å². The number of carbonyl (C=O) groups excluding carboxylic acids is 1. The van der Waals surface area contributed by atoms with Gasteiger partial charge in [-0.2, -0.15) is 13.2 Å². The average Bonchev–Trinajstić information content (AvgIpc) is 2.53. The molecule has 134 valence electrons. The van der Waals surface area contributed by atoms with Gasteiger partial charge in [0.25, 0.3) is 0 Å². The van der Waals surface area contributed by atoms with Crippen LogP contribution in [0.4, 0.5) is 23.7 Å². The lowest BCUT2D eigenvalue weighted by Crippen LogP contribution is -2.43. The first-order chi connectivity index (χ1) is 11.4. The first-order valence-electron chi connectivity index (χ1n) is 7.75. The van der Waals surface area contributed by atoms with E-state index in [2.05, 4.69) is 10.6 Å². The predicted octanol–water partition coefficient (Wildman–Crippen LogP) is 3.71. The molecule has 0 aromatic heterocycles. The second-order valence-electron chi connectivity index (χ2n) is 5.74. The van der Waals surface area contributed by atoms with Gasteiger partial charge in [0.2, 0.25) is 0 Å². The van der Waals surface area contributed by atoms with Gasteiger partial charge in [-0.3, -0.25) is 0 Å². The largest absolute Gasteiger partial charge is 0.497 e. The molecule has 1 saturated carbocycles. The fraction of sp³-hybridized carbons (Fsp3) is 0.562. The van der Waals surface area contributed by atoms with Gasteiger partial charge in [-0.15, -0.1) is 0 Å². The first-order valence-corrected chi connectivity index (χ1v) is 7.75. The van der Waals surface area contributed by atoms with Crippen LogP contribution < -0.4 is 15.4 Å². The fourth-order valence-electron chi connectivity index (χ4n) is 2.67. The highest BCUT2D eigenvalue weighted by Crippen LogP contribution is 2.24. The number of benzene rings is 1. The molecule has 1 aromatic carbocycles. The van der Waals surface area contributed by atoms with Crippen LogP contribution in [0.15, 0.2) is 24.3 Å². The van der Waals surface area contributed by atoms with Crippen molar-refractivity contribution >= 4 is 11.7 Å². The van der Waals surface area contributed by atoms with Gasteiger partial charge in [-0.05, 0) is 49.9 Å². The van der Waals surface area contributed by atoms with Crippen LogP contribution in [0.25, 0.3) is 0 Å². The van der Waals surface area contributed by atoms with E-state index in [-0.39, 0.29) is 12.1 Å². The Morgan fingerprint density at radius 3 is 2.58 bits per heavy atom. The number of anilines is 1. The quantitative estimate of drug-likeness (QED) is 0.854. The first kappa shape index (κ1) is 18.4. The average molecular weight is 346 g/mol. The molecule has 1 aromatic rings. The summed E-state index contributed by atoms with van der Waals surface area (Å²) in [5.74, 6) is 0.679. The molecule has 24 heavy (non-hydrogen) atoms. The number of carbonyl (C=O) groups is 1. The van der Waals surface area contributed by atoms with Crippen LogP contribution in [0.3, 0.4) is 0 Å². The summed E-state index contributed by atoms with van der Waals surface area (Å²) < 4.78 is 46.5. The number of urea groups is 1. The number of hydrogen-bond donors (Lipinski definition) is 2. The van der Waals surface area contributed by atoms with E-state index < -0.39 is 18.9 Å². The van der Waals surface area contributed by atoms with Crippen molar-refractivity contribution in [2.75, 3.05) is 19.0 Å². The second-order valence-corrected chi connectivity index (χ2v) is 5.74. The minimum absolute atomic E-state index is 0.199. The number of ether oxygens (including phenoxy) is 2. The number of halogens is 3. The Hall–Kier alpha value is -1.96. The third-order valence-corrected chi connectivity index (χ3v) is 3.79. The monoisotopic (exact) mass is 346 g/mol. The molecule has 0 spiro atoms. The zero-order valence-electron chi connectivity index (χ0n) is 13.4. The molecule has 2 atom stereocenters. The fourth-order valence-corrected chi connectivity index (χ4v) is 2.67. The third-order valence-electron chi connectivity index (χ3n) is 3.79. The van der Waals surface area contributed by atoms with Gasteiger partial charge < -0.3 is 20.1 Å². The van der Waals surface area contributed by atoms with Gasteiger partial charge in [0, 0.05) is 11.7 Å². The standard InChI is InChI=1S/C16H21F3N2O3/c1-23-13-7-5-11(6-8-13)20-15(22)21-12-3-2-4-14(9-12)24-10-16(17,18)19/h5-8,12,14H,2-4,9-10H2,1H3,(H2,20,21,22). The zero-order chi connectivity index (χ0) is 17.6. The highest BCUT2D eigenvalue weighted by Gasteiger charge is 2.31. The van der Waals surface area contributed by atoms with E-state index in [1.54, 1.807) is 31.4 Å².